The van der Waals surface area contributed by atoms with Gasteiger partial charge >= 0.3 is 0 Å². The molecule has 1 aromatic heterocycles. The molecular weight excluding hydrogens is 254 g/mol. The number of nitrogens with one attached hydrogen (secondary N) is 2. The Morgan fingerprint density at radius 2 is 1.95 bits per heavy atom. The van der Waals surface area contributed by atoms with Crippen LogP contribution in [0.2, 0.25) is 0 Å². The molecule has 0 spiro atoms. The highest BCUT2D eigenvalue weighted by Crippen LogP contribution is 2.29. The Labute approximate surface area is 116 Å². The van der Waals surface area contributed by atoms with Crippen molar-refractivity contribution in [1.82, 2.24) is 15.8 Å². The van der Waals surface area contributed by atoms with E-state index in [2.05, 4.69) is 15.8 Å². The fourth-order valence-corrected chi connectivity index (χ4v) is 1.98. The largest absolute Gasteiger partial charge is 0.465 e. The van der Waals surface area contributed by atoms with Crippen molar-refractivity contribution in [2.24, 2.45) is 0 Å². The quantitative estimate of drug-likeness (QED) is 0.834. The van der Waals surface area contributed by atoms with Crippen molar-refractivity contribution in [3.05, 3.63) is 72.3 Å². The number of nitrogens with zero attached hydrogens (tertiary/aromatic N) is 1. The molecule has 5 nitrogen and oxygen atoms in total. The van der Waals surface area contributed by atoms with Gasteiger partial charge < -0.3 is 4.74 Å². The van der Waals surface area contributed by atoms with Crippen LogP contribution < -0.4 is 15.6 Å². The molecule has 2 N–H and O–H groups in total. The lowest BCUT2D eigenvalue weighted by Gasteiger charge is -2.22. The van der Waals surface area contributed by atoms with Crippen LogP contribution in [0.15, 0.2) is 61.1 Å². The summed E-state index contributed by atoms with van der Waals surface area (Å²) in [7, 11) is 0. The van der Waals surface area contributed by atoms with Crippen LogP contribution in [0.5, 0.6) is 5.75 Å². The fourth-order valence-electron chi connectivity index (χ4n) is 1.98. The Morgan fingerprint density at radius 3 is 2.80 bits per heavy atom. The third-order valence-electron chi connectivity index (χ3n) is 3.00. The Balaban J connectivity index is 1.69. The molecule has 0 radical (unpaired) electrons. The zero-order chi connectivity index (χ0) is 13.8. The fraction of sp³-hybridized carbons (Fsp3) is 0.0667. The van der Waals surface area contributed by atoms with Gasteiger partial charge in [0.2, 0.25) is 0 Å². The third kappa shape index (κ3) is 2.53. The maximum absolute atomic E-state index is 11.9. The minimum atomic E-state index is -0.204. The van der Waals surface area contributed by atoms with Crippen molar-refractivity contribution in [2.45, 2.75) is 6.04 Å². The van der Waals surface area contributed by atoms with Gasteiger partial charge in [-0.05, 0) is 24.3 Å². The van der Waals surface area contributed by atoms with Gasteiger partial charge in [0, 0.05) is 23.5 Å². The number of aromatic nitrogens is 1. The van der Waals surface area contributed by atoms with Crippen LogP contribution in [-0.2, 0) is 0 Å². The van der Waals surface area contributed by atoms with E-state index in [1.807, 2.05) is 30.3 Å². The van der Waals surface area contributed by atoms with Crippen molar-refractivity contribution >= 4 is 5.91 Å². The predicted octanol–water partition coefficient (Wildman–Crippen LogP) is 1.96. The van der Waals surface area contributed by atoms with Gasteiger partial charge in [-0.2, -0.15) is 0 Å². The van der Waals surface area contributed by atoms with E-state index in [0.29, 0.717) is 5.56 Å². The van der Waals surface area contributed by atoms with Crippen LogP contribution in [-0.4, -0.2) is 10.9 Å². The summed E-state index contributed by atoms with van der Waals surface area (Å²) in [4.78, 5) is 15.8. The van der Waals surface area contributed by atoms with Gasteiger partial charge in [0.05, 0.1) is 12.3 Å². The van der Waals surface area contributed by atoms with Crippen LogP contribution in [0.1, 0.15) is 22.0 Å². The first kappa shape index (κ1) is 12.4. The van der Waals surface area contributed by atoms with Gasteiger partial charge in [0.1, 0.15) is 5.75 Å². The number of ether oxygens (including phenoxy) is 1. The molecule has 0 bridgehead atoms. The van der Waals surface area contributed by atoms with Gasteiger partial charge in [0.15, 0.2) is 0 Å². The highest BCUT2D eigenvalue weighted by molar-refractivity contribution is 5.93. The molecule has 0 aliphatic carbocycles. The van der Waals surface area contributed by atoms with Crippen molar-refractivity contribution < 1.29 is 9.53 Å². The lowest BCUT2D eigenvalue weighted by Crippen LogP contribution is -2.40. The maximum atomic E-state index is 11.9. The lowest BCUT2D eigenvalue weighted by atomic mass is 10.1. The van der Waals surface area contributed by atoms with Crippen molar-refractivity contribution in [2.75, 3.05) is 0 Å². The number of hydrogen-bond donors (Lipinski definition) is 2. The number of pyridine rings is 1. The maximum Gasteiger partial charge on any atom is 0.265 e. The molecule has 0 saturated heterocycles. The number of para-hydroxylation sites is 1. The molecule has 100 valence electrons. The SMILES string of the molecule is O=C(NNC1C=COc2ccccc21)c1ccncc1. The topological polar surface area (TPSA) is 63.2 Å². The van der Waals surface area contributed by atoms with Crippen molar-refractivity contribution in [1.29, 1.82) is 0 Å². The summed E-state index contributed by atoms with van der Waals surface area (Å²) in [6.45, 7) is 0. The molecular formula is C15H13N3O2. The summed E-state index contributed by atoms with van der Waals surface area (Å²) in [5.74, 6) is 0.579. The van der Waals surface area contributed by atoms with Gasteiger partial charge in [0.25, 0.3) is 5.91 Å². The monoisotopic (exact) mass is 267 g/mol. The van der Waals surface area contributed by atoms with Gasteiger partial charge in [-0.1, -0.05) is 18.2 Å². The Kier molecular flexibility index (Phi) is 3.43. The summed E-state index contributed by atoms with van der Waals surface area (Å²) in [5.41, 5.74) is 7.20. The normalized spacial score (nSPS) is 16.1. The third-order valence-corrected chi connectivity index (χ3v) is 3.00. The smallest absolute Gasteiger partial charge is 0.265 e. The summed E-state index contributed by atoms with van der Waals surface area (Å²) in [6.07, 6.45) is 6.62. The Bertz CT molecular complexity index is 641. The first-order valence-electron chi connectivity index (χ1n) is 6.23. The predicted molar refractivity (Wildman–Crippen MR) is 73.8 cm³/mol. The zero-order valence-electron chi connectivity index (χ0n) is 10.6. The van der Waals surface area contributed by atoms with Gasteiger partial charge in [-0.3, -0.25) is 15.2 Å². The second kappa shape index (κ2) is 5.54. The Morgan fingerprint density at radius 1 is 1.15 bits per heavy atom. The van der Waals surface area contributed by atoms with Crippen molar-refractivity contribution in [3.8, 4) is 5.75 Å². The van der Waals surface area contributed by atoms with Gasteiger partial charge in [-0.25, -0.2) is 5.43 Å². The minimum absolute atomic E-state index is 0.120. The van der Waals surface area contributed by atoms with E-state index in [1.165, 1.54) is 0 Å². The van der Waals surface area contributed by atoms with E-state index in [0.717, 1.165) is 11.3 Å². The summed E-state index contributed by atoms with van der Waals surface area (Å²) < 4.78 is 5.40. The molecule has 3 rings (SSSR count). The second-order valence-corrected chi connectivity index (χ2v) is 4.30. The highest BCUT2D eigenvalue weighted by Gasteiger charge is 2.17. The van der Waals surface area contributed by atoms with E-state index in [4.69, 9.17) is 4.74 Å². The molecule has 1 aliphatic heterocycles. The molecule has 0 saturated carbocycles. The van der Waals surface area contributed by atoms with E-state index >= 15 is 0 Å². The number of hydrogen-bond acceptors (Lipinski definition) is 4. The van der Waals surface area contributed by atoms with E-state index in [-0.39, 0.29) is 11.9 Å². The average molecular weight is 267 g/mol. The van der Waals surface area contributed by atoms with Gasteiger partial charge in [-0.15, -0.1) is 0 Å². The molecule has 5 heteroatoms. The molecule has 0 fully saturated rings. The van der Waals surface area contributed by atoms with Crippen LogP contribution in [0.25, 0.3) is 0 Å². The average Bonchev–Trinajstić information content (AvgIpc) is 2.53. The summed E-state index contributed by atoms with van der Waals surface area (Å²) >= 11 is 0. The second-order valence-electron chi connectivity index (χ2n) is 4.30. The molecule has 1 atom stereocenters. The number of hydrazine groups is 1. The molecule has 1 aromatic carbocycles. The van der Waals surface area contributed by atoms with E-state index in [9.17, 15) is 4.79 Å². The Hall–Kier alpha value is -2.66. The van der Waals surface area contributed by atoms with Crippen LogP contribution >= 0.6 is 0 Å². The number of carbonyl (C=O) groups is 1. The summed E-state index contributed by atoms with van der Waals surface area (Å²) in [5, 5.41) is 0. The lowest BCUT2D eigenvalue weighted by molar-refractivity contribution is 0.0928. The molecule has 1 unspecified atom stereocenters. The van der Waals surface area contributed by atoms with Crippen LogP contribution in [0, 0.1) is 0 Å². The van der Waals surface area contributed by atoms with E-state index < -0.39 is 0 Å². The number of amides is 1. The van der Waals surface area contributed by atoms with Crippen LogP contribution in [0.3, 0.4) is 0 Å². The minimum Gasteiger partial charge on any atom is -0.465 e. The summed E-state index contributed by atoms with van der Waals surface area (Å²) in [6, 6.07) is 10.9. The molecule has 2 aromatic rings. The number of fused-ring (bicyclic) bond motifs is 1. The standard InChI is InChI=1S/C15H13N3O2/c19-15(11-5-8-16-9-6-11)18-17-13-7-10-20-14-4-2-1-3-12(13)14/h1-10,13,17H,(H,18,19). The number of carbonyl (C=O) groups excluding carboxylic acids is 1. The number of rotatable bonds is 3. The number of benzene rings is 1. The molecule has 20 heavy (non-hydrogen) atoms. The zero-order valence-corrected chi connectivity index (χ0v) is 10.6. The van der Waals surface area contributed by atoms with Crippen molar-refractivity contribution in [3.63, 3.8) is 0 Å². The molecule has 1 aliphatic rings. The molecule has 1 amide bonds. The first-order valence-corrected chi connectivity index (χ1v) is 6.23. The van der Waals surface area contributed by atoms with Crippen LogP contribution in [0.4, 0.5) is 0 Å². The molecule has 2 heterocycles. The highest BCUT2D eigenvalue weighted by atomic mass is 16.5. The first-order chi connectivity index (χ1) is 9.84. The van der Waals surface area contributed by atoms with E-state index in [1.54, 1.807) is 30.8 Å².